The molecule has 0 fully saturated rings. The van der Waals surface area contributed by atoms with Crippen molar-refractivity contribution in [1.29, 1.82) is 0 Å². The van der Waals surface area contributed by atoms with Crippen molar-refractivity contribution in [1.82, 2.24) is 0 Å². The first-order valence-electron chi connectivity index (χ1n) is 4.18. The van der Waals surface area contributed by atoms with Crippen molar-refractivity contribution in [2.75, 3.05) is 0 Å². The average Bonchev–Trinajstić information content (AvgIpc) is 2.07. The number of benzene rings is 1. The Morgan fingerprint density at radius 2 is 2.23 bits per heavy atom. The van der Waals surface area contributed by atoms with E-state index in [1.165, 1.54) is 0 Å². The highest BCUT2D eigenvalue weighted by atomic mass is 79.9. The fraction of sp³-hybridized carbons (Fsp3) is 0.400. The lowest BCUT2D eigenvalue weighted by Gasteiger charge is -2.05. The molecule has 72 valence electrons. The number of aryl methyl sites for hydroxylation is 1. The van der Waals surface area contributed by atoms with Crippen LogP contribution in [0.2, 0.25) is 0 Å². The first kappa shape index (κ1) is 11.0. The van der Waals surface area contributed by atoms with E-state index in [-0.39, 0.29) is 11.2 Å². The predicted molar refractivity (Wildman–Crippen MR) is 57.7 cm³/mol. The van der Waals surface area contributed by atoms with Crippen molar-refractivity contribution in [3.8, 4) is 0 Å². The van der Waals surface area contributed by atoms with Crippen LogP contribution in [0.4, 0.5) is 4.39 Å². The molecule has 0 N–H and O–H groups in total. The molecule has 1 aromatic rings. The molecule has 0 aromatic heterocycles. The van der Waals surface area contributed by atoms with Crippen LogP contribution in [0.25, 0.3) is 0 Å². The van der Waals surface area contributed by atoms with Crippen LogP contribution in [0, 0.1) is 5.82 Å². The second-order valence-electron chi connectivity index (χ2n) is 3.03. The average molecular weight is 266 g/mol. The predicted octanol–water partition coefficient (Wildman–Crippen LogP) is 4.15. The van der Waals surface area contributed by atoms with Gasteiger partial charge in [0, 0.05) is 5.38 Å². The molecule has 0 aliphatic carbocycles. The Balaban J connectivity index is 2.71. The standard InChI is InChI=1S/C10H11BrClF/c1-7(12)5-6-8-3-2-4-9(11)10(8)13/h2-4,7H,5-6H2,1H3. The molecule has 3 heteroatoms. The smallest absolute Gasteiger partial charge is 0.140 e. The van der Waals surface area contributed by atoms with Crippen molar-refractivity contribution < 1.29 is 4.39 Å². The van der Waals surface area contributed by atoms with Gasteiger partial charge in [-0.3, -0.25) is 0 Å². The van der Waals surface area contributed by atoms with E-state index in [1.54, 1.807) is 12.1 Å². The summed E-state index contributed by atoms with van der Waals surface area (Å²) in [5.74, 6) is -0.167. The zero-order valence-electron chi connectivity index (χ0n) is 7.36. The molecule has 1 aromatic carbocycles. The molecule has 1 rings (SSSR count). The molecule has 0 amide bonds. The Hall–Kier alpha value is -0.0800. The van der Waals surface area contributed by atoms with Gasteiger partial charge in [-0.15, -0.1) is 11.6 Å². The summed E-state index contributed by atoms with van der Waals surface area (Å²) in [6.45, 7) is 1.91. The van der Waals surface area contributed by atoms with E-state index in [1.807, 2.05) is 13.0 Å². The van der Waals surface area contributed by atoms with E-state index in [2.05, 4.69) is 15.9 Å². The Bertz CT molecular complexity index is 286. The van der Waals surface area contributed by atoms with Gasteiger partial charge in [-0.25, -0.2) is 4.39 Å². The second-order valence-corrected chi connectivity index (χ2v) is 4.63. The van der Waals surface area contributed by atoms with Gasteiger partial charge in [0.05, 0.1) is 4.47 Å². The molecule has 0 saturated carbocycles. The van der Waals surface area contributed by atoms with Crippen LogP contribution in [0.15, 0.2) is 22.7 Å². The van der Waals surface area contributed by atoms with Crippen molar-refractivity contribution in [3.05, 3.63) is 34.1 Å². The van der Waals surface area contributed by atoms with Gasteiger partial charge in [0.1, 0.15) is 5.82 Å². The number of halogens is 3. The molecule has 0 heterocycles. The van der Waals surface area contributed by atoms with E-state index < -0.39 is 0 Å². The third-order valence-corrected chi connectivity index (χ3v) is 2.67. The minimum atomic E-state index is -0.167. The topological polar surface area (TPSA) is 0 Å². The normalized spacial score (nSPS) is 12.9. The molecule has 0 nitrogen and oxygen atoms in total. The SMILES string of the molecule is CC(Cl)CCc1cccc(Br)c1F. The molecular formula is C10H11BrClF. The monoisotopic (exact) mass is 264 g/mol. The highest BCUT2D eigenvalue weighted by molar-refractivity contribution is 9.10. The van der Waals surface area contributed by atoms with E-state index >= 15 is 0 Å². The molecule has 0 radical (unpaired) electrons. The molecule has 1 atom stereocenters. The first-order chi connectivity index (χ1) is 6.11. The lowest BCUT2D eigenvalue weighted by atomic mass is 10.1. The molecule has 0 bridgehead atoms. The van der Waals surface area contributed by atoms with Crippen molar-refractivity contribution >= 4 is 27.5 Å². The summed E-state index contributed by atoms with van der Waals surface area (Å²) in [4.78, 5) is 0. The third kappa shape index (κ3) is 3.28. The van der Waals surface area contributed by atoms with E-state index in [0.717, 1.165) is 12.0 Å². The third-order valence-electron chi connectivity index (χ3n) is 1.84. The maximum Gasteiger partial charge on any atom is 0.140 e. The maximum absolute atomic E-state index is 13.4. The second kappa shape index (κ2) is 4.97. The summed E-state index contributed by atoms with van der Waals surface area (Å²) in [6.07, 6.45) is 1.49. The fourth-order valence-corrected chi connectivity index (χ4v) is 1.61. The quantitative estimate of drug-likeness (QED) is 0.720. The zero-order chi connectivity index (χ0) is 9.84. The lowest BCUT2D eigenvalue weighted by Crippen LogP contribution is -1.97. The summed E-state index contributed by atoms with van der Waals surface area (Å²) in [7, 11) is 0. The van der Waals surface area contributed by atoms with E-state index in [9.17, 15) is 4.39 Å². The van der Waals surface area contributed by atoms with Crippen LogP contribution in [0.1, 0.15) is 18.9 Å². The first-order valence-corrected chi connectivity index (χ1v) is 5.41. The molecule has 0 spiro atoms. The van der Waals surface area contributed by atoms with Gasteiger partial charge in [-0.2, -0.15) is 0 Å². The largest absolute Gasteiger partial charge is 0.205 e. The van der Waals surface area contributed by atoms with Crippen LogP contribution >= 0.6 is 27.5 Å². The van der Waals surface area contributed by atoms with Gasteiger partial charge in [-0.1, -0.05) is 12.1 Å². The van der Waals surface area contributed by atoms with Crippen molar-refractivity contribution in [2.45, 2.75) is 25.1 Å². The van der Waals surface area contributed by atoms with Gasteiger partial charge >= 0.3 is 0 Å². The van der Waals surface area contributed by atoms with Crippen LogP contribution in [0.3, 0.4) is 0 Å². The number of hydrogen-bond acceptors (Lipinski definition) is 0. The summed E-state index contributed by atoms with van der Waals surface area (Å²) < 4.78 is 13.9. The minimum absolute atomic E-state index is 0.0957. The highest BCUT2D eigenvalue weighted by Crippen LogP contribution is 2.20. The molecule has 0 saturated heterocycles. The van der Waals surface area contributed by atoms with Crippen LogP contribution in [0.5, 0.6) is 0 Å². The van der Waals surface area contributed by atoms with Crippen LogP contribution < -0.4 is 0 Å². The lowest BCUT2D eigenvalue weighted by molar-refractivity contribution is 0.597. The van der Waals surface area contributed by atoms with Crippen LogP contribution in [-0.4, -0.2) is 5.38 Å². The van der Waals surface area contributed by atoms with E-state index in [0.29, 0.717) is 10.9 Å². The molecule has 0 aliphatic heterocycles. The number of alkyl halides is 1. The van der Waals surface area contributed by atoms with Gasteiger partial charge in [0.15, 0.2) is 0 Å². The molecule has 0 aliphatic rings. The van der Waals surface area contributed by atoms with Gasteiger partial charge in [0.25, 0.3) is 0 Å². The van der Waals surface area contributed by atoms with Gasteiger partial charge in [0.2, 0.25) is 0 Å². The van der Waals surface area contributed by atoms with Gasteiger partial charge in [-0.05, 0) is 47.3 Å². The highest BCUT2D eigenvalue weighted by Gasteiger charge is 2.06. The fourth-order valence-electron chi connectivity index (χ4n) is 1.10. The van der Waals surface area contributed by atoms with E-state index in [4.69, 9.17) is 11.6 Å². The van der Waals surface area contributed by atoms with Crippen molar-refractivity contribution in [2.24, 2.45) is 0 Å². The number of rotatable bonds is 3. The number of hydrogen-bond donors (Lipinski definition) is 0. The Morgan fingerprint density at radius 1 is 1.54 bits per heavy atom. The summed E-state index contributed by atoms with van der Waals surface area (Å²) in [5, 5.41) is 0.0957. The Morgan fingerprint density at radius 3 is 2.85 bits per heavy atom. The summed E-state index contributed by atoms with van der Waals surface area (Å²) >= 11 is 8.93. The summed E-state index contributed by atoms with van der Waals surface area (Å²) in [5.41, 5.74) is 0.724. The Kier molecular flexibility index (Phi) is 4.20. The molecule has 1 unspecified atom stereocenters. The zero-order valence-corrected chi connectivity index (χ0v) is 9.70. The molecular weight excluding hydrogens is 254 g/mol. The molecule has 13 heavy (non-hydrogen) atoms. The van der Waals surface area contributed by atoms with Gasteiger partial charge < -0.3 is 0 Å². The van der Waals surface area contributed by atoms with Crippen molar-refractivity contribution in [3.63, 3.8) is 0 Å². The Labute approximate surface area is 91.2 Å². The minimum Gasteiger partial charge on any atom is -0.205 e. The van der Waals surface area contributed by atoms with Crippen LogP contribution in [-0.2, 0) is 6.42 Å². The summed E-state index contributed by atoms with van der Waals surface area (Å²) in [6, 6.07) is 5.32. The maximum atomic E-state index is 13.4.